The number of nitrogens with zero attached hydrogens (tertiary/aromatic N) is 2. The highest BCUT2D eigenvalue weighted by Gasteiger charge is 2.34. The van der Waals surface area contributed by atoms with E-state index in [4.69, 9.17) is 9.26 Å². The highest BCUT2D eigenvalue weighted by Crippen LogP contribution is 2.29. The fourth-order valence-corrected chi connectivity index (χ4v) is 5.66. The minimum atomic E-state index is -3.58. The van der Waals surface area contributed by atoms with Gasteiger partial charge in [0, 0.05) is 19.2 Å². The van der Waals surface area contributed by atoms with Gasteiger partial charge in [-0.25, -0.2) is 8.42 Å². The van der Waals surface area contributed by atoms with Gasteiger partial charge in [-0.1, -0.05) is 22.9 Å². The first-order valence-corrected chi connectivity index (χ1v) is 10.8. The molecular formula is C20H26N2O5S. The summed E-state index contributed by atoms with van der Waals surface area (Å²) >= 11 is 0. The molecule has 2 aromatic rings. The number of aromatic nitrogens is 1. The number of ether oxygens (including phenoxy) is 1. The van der Waals surface area contributed by atoms with Crippen molar-refractivity contribution in [1.82, 2.24) is 9.46 Å². The molecular weight excluding hydrogens is 380 g/mol. The van der Waals surface area contributed by atoms with Crippen LogP contribution in [0.2, 0.25) is 0 Å². The number of rotatable bonds is 5. The van der Waals surface area contributed by atoms with Gasteiger partial charge < -0.3 is 9.26 Å². The summed E-state index contributed by atoms with van der Waals surface area (Å²) in [6.07, 6.45) is 0.884. The minimum absolute atomic E-state index is 0.0416. The van der Waals surface area contributed by atoms with Crippen LogP contribution in [-0.2, 0) is 26.2 Å². The van der Waals surface area contributed by atoms with Crippen molar-refractivity contribution in [2.24, 2.45) is 5.92 Å². The summed E-state index contributed by atoms with van der Waals surface area (Å²) in [7, 11) is -3.58. The summed E-state index contributed by atoms with van der Waals surface area (Å²) in [6, 6.07) is 5.49. The molecule has 0 radical (unpaired) electrons. The monoisotopic (exact) mass is 406 g/mol. The van der Waals surface area contributed by atoms with Crippen LogP contribution in [0.3, 0.4) is 0 Å². The molecule has 0 unspecified atom stereocenters. The topological polar surface area (TPSA) is 89.7 Å². The van der Waals surface area contributed by atoms with Crippen molar-refractivity contribution in [2.45, 2.75) is 52.0 Å². The van der Waals surface area contributed by atoms with E-state index in [1.807, 2.05) is 32.9 Å². The molecule has 28 heavy (non-hydrogen) atoms. The first-order chi connectivity index (χ1) is 13.2. The standard InChI is InChI=1S/C20H26N2O5S/c1-13-9-14(2)19(15(3)10-13)28(24,25)22-7-5-17(6-8-22)20(23)26-12-18-11-16(4)21-27-18/h9-11,17H,5-8,12H2,1-4H3. The lowest BCUT2D eigenvalue weighted by Crippen LogP contribution is -2.41. The third kappa shape index (κ3) is 4.28. The number of carbonyl (C=O) groups is 1. The number of hydrogen-bond acceptors (Lipinski definition) is 6. The summed E-state index contributed by atoms with van der Waals surface area (Å²) in [4.78, 5) is 12.7. The molecule has 0 bridgehead atoms. The van der Waals surface area contributed by atoms with Crippen LogP contribution in [0.15, 0.2) is 27.6 Å². The van der Waals surface area contributed by atoms with Crippen LogP contribution in [0.25, 0.3) is 0 Å². The molecule has 1 aliphatic heterocycles. The van der Waals surface area contributed by atoms with E-state index in [0.717, 1.165) is 22.4 Å². The molecule has 1 aliphatic rings. The average Bonchev–Trinajstić information content (AvgIpc) is 3.04. The Balaban J connectivity index is 1.62. The lowest BCUT2D eigenvalue weighted by Gasteiger charge is -2.31. The summed E-state index contributed by atoms with van der Waals surface area (Å²) in [5.74, 6) is -0.138. The second-order valence-corrected chi connectivity index (χ2v) is 9.32. The maximum atomic E-state index is 13.1. The molecule has 2 heterocycles. The summed E-state index contributed by atoms with van der Waals surface area (Å²) in [5.41, 5.74) is 3.27. The molecule has 1 aromatic heterocycles. The van der Waals surface area contributed by atoms with Crippen LogP contribution in [-0.4, -0.2) is 36.9 Å². The Hall–Kier alpha value is -2.19. The summed E-state index contributed by atoms with van der Waals surface area (Å²) in [5, 5.41) is 3.75. The van der Waals surface area contributed by atoms with Crippen molar-refractivity contribution in [2.75, 3.05) is 13.1 Å². The van der Waals surface area contributed by atoms with Gasteiger partial charge >= 0.3 is 5.97 Å². The minimum Gasteiger partial charge on any atom is -0.457 e. The van der Waals surface area contributed by atoms with Crippen molar-refractivity contribution in [3.05, 3.63) is 46.3 Å². The van der Waals surface area contributed by atoms with Gasteiger partial charge in [0.25, 0.3) is 0 Å². The third-order valence-corrected chi connectivity index (χ3v) is 7.23. The normalized spacial score (nSPS) is 16.3. The van der Waals surface area contributed by atoms with E-state index in [0.29, 0.717) is 36.6 Å². The number of carbonyl (C=O) groups excluding carboxylic acids is 1. The fourth-order valence-electron chi connectivity index (χ4n) is 3.78. The Bertz CT molecular complexity index is 949. The second-order valence-electron chi connectivity index (χ2n) is 7.45. The first kappa shape index (κ1) is 20.5. The molecule has 0 amide bonds. The van der Waals surface area contributed by atoms with Gasteiger partial charge in [-0.05, 0) is 51.7 Å². The smallest absolute Gasteiger partial charge is 0.309 e. The van der Waals surface area contributed by atoms with Crippen LogP contribution in [0.1, 0.15) is 41.0 Å². The van der Waals surface area contributed by atoms with E-state index in [-0.39, 0.29) is 18.5 Å². The molecule has 0 atom stereocenters. The molecule has 8 heteroatoms. The Morgan fingerprint density at radius 2 is 1.75 bits per heavy atom. The number of benzene rings is 1. The quantitative estimate of drug-likeness (QED) is 0.709. The van der Waals surface area contributed by atoms with E-state index in [1.165, 1.54) is 4.31 Å². The van der Waals surface area contributed by atoms with Gasteiger partial charge in [0.2, 0.25) is 10.0 Å². The molecule has 7 nitrogen and oxygen atoms in total. The van der Waals surface area contributed by atoms with Crippen LogP contribution < -0.4 is 0 Å². The van der Waals surface area contributed by atoms with Crippen LogP contribution in [0.4, 0.5) is 0 Å². The average molecular weight is 407 g/mol. The molecule has 1 aromatic carbocycles. The van der Waals surface area contributed by atoms with Gasteiger partial charge in [-0.2, -0.15) is 4.31 Å². The molecule has 3 rings (SSSR count). The Labute approximate surface area is 165 Å². The predicted molar refractivity (Wildman–Crippen MR) is 103 cm³/mol. The van der Waals surface area contributed by atoms with Crippen LogP contribution >= 0.6 is 0 Å². The predicted octanol–water partition coefficient (Wildman–Crippen LogP) is 3.05. The zero-order valence-electron chi connectivity index (χ0n) is 16.7. The highest BCUT2D eigenvalue weighted by molar-refractivity contribution is 7.89. The maximum absolute atomic E-state index is 13.1. The van der Waals surface area contributed by atoms with Crippen molar-refractivity contribution < 1.29 is 22.5 Å². The molecule has 0 spiro atoms. The molecule has 0 aliphatic carbocycles. The molecule has 0 N–H and O–H groups in total. The number of sulfonamides is 1. The number of hydrogen-bond donors (Lipinski definition) is 0. The zero-order chi connectivity index (χ0) is 20.5. The van der Waals surface area contributed by atoms with E-state index in [1.54, 1.807) is 13.0 Å². The SMILES string of the molecule is Cc1cc(C)c(S(=O)(=O)N2CCC(C(=O)OCc3cc(C)no3)CC2)c(C)c1. The molecule has 1 saturated heterocycles. The van der Waals surface area contributed by atoms with E-state index in [2.05, 4.69) is 5.16 Å². The lowest BCUT2D eigenvalue weighted by molar-refractivity contribution is -0.151. The lowest BCUT2D eigenvalue weighted by atomic mass is 9.98. The first-order valence-electron chi connectivity index (χ1n) is 9.35. The fraction of sp³-hybridized carbons (Fsp3) is 0.500. The second kappa shape index (κ2) is 8.05. The molecule has 0 saturated carbocycles. The van der Waals surface area contributed by atoms with E-state index in [9.17, 15) is 13.2 Å². The Morgan fingerprint density at radius 3 is 2.29 bits per heavy atom. The van der Waals surface area contributed by atoms with Gasteiger partial charge in [-0.3, -0.25) is 4.79 Å². The number of aryl methyl sites for hydroxylation is 4. The molecule has 1 fully saturated rings. The van der Waals surface area contributed by atoms with Crippen molar-refractivity contribution in [3.63, 3.8) is 0 Å². The number of esters is 1. The Kier molecular flexibility index (Phi) is 5.90. The van der Waals surface area contributed by atoms with Crippen molar-refractivity contribution >= 4 is 16.0 Å². The zero-order valence-corrected chi connectivity index (χ0v) is 17.5. The highest BCUT2D eigenvalue weighted by atomic mass is 32.2. The summed E-state index contributed by atoms with van der Waals surface area (Å²) < 4.78 is 38.0. The van der Waals surface area contributed by atoms with Gasteiger partial charge in [0.05, 0.1) is 16.5 Å². The van der Waals surface area contributed by atoms with E-state index < -0.39 is 10.0 Å². The maximum Gasteiger partial charge on any atom is 0.309 e. The van der Waals surface area contributed by atoms with Gasteiger partial charge in [-0.15, -0.1) is 0 Å². The third-order valence-electron chi connectivity index (χ3n) is 5.02. The van der Waals surface area contributed by atoms with Crippen LogP contribution in [0, 0.1) is 33.6 Å². The van der Waals surface area contributed by atoms with Crippen molar-refractivity contribution in [3.8, 4) is 0 Å². The van der Waals surface area contributed by atoms with Gasteiger partial charge in [0.15, 0.2) is 12.4 Å². The Morgan fingerprint density at radius 1 is 1.14 bits per heavy atom. The van der Waals surface area contributed by atoms with Gasteiger partial charge in [0.1, 0.15) is 0 Å². The van der Waals surface area contributed by atoms with Crippen molar-refractivity contribution in [1.29, 1.82) is 0 Å². The largest absolute Gasteiger partial charge is 0.457 e. The number of piperidine rings is 1. The van der Waals surface area contributed by atoms with Crippen LogP contribution in [0.5, 0.6) is 0 Å². The van der Waals surface area contributed by atoms with E-state index >= 15 is 0 Å². The molecule has 152 valence electrons. The summed E-state index contributed by atoms with van der Waals surface area (Å²) in [6.45, 7) is 8.03.